The summed E-state index contributed by atoms with van der Waals surface area (Å²) < 4.78 is 5.12. The molecular formula is C29H25N7O6S2. The molecule has 1 fully saturated rings. The van der Waals surface area contributed by atoms with E-state index in [9.17, 15) is 24.5 Å². The predicted octanol–water partition coefficient (Wildman–Crippen LogP) is 4.69. The number of benzene rings is 3. The number of anilines is 2. The Labute approximate surface area is 260 Å². The van der Waals surface area contributed by atoms with E-state index in [0.717, 1.165) is 24.8 Å². The number of non-ortho nitro benzene ring substituents is 1. The predicted molar refractivity (Wildman–Crippen MR) is 169 cm³/mol. The van der Waals surface area contributed by atoms with Crippen LogP contribution in [0.15, 0.2) is 70.2 Å². The van der Waals surface area contributed by atoms with Gasteiger partial charge in [-0.05, 0) is 77.6 Å². The molecule has 5 rings (SSSR count). The molecule has 0 aliphatic carbocycles. The first kappa shape index (κ1) is 30.3. The van der Waals surface area contributed by atoms with E-state index in [0.29, 0.717) is 44.8 Å². The number of thiocarbonyl (C=S) groups is 1. The van der Waals surface area contributed by atoms with E-state index >= 15 is 0 Å². The van der Waals surface area contributed by atoms with Gasteiger partial charge in [-0.15, -0.1) is 0 Å². The van der Waals surface area contributed by atoms with Gasteiger partial charge >= 0.3 is 5.69 Å². The Kier molecular flexibility index (Phi) is 9.56. The van der Waals surface area contributed by atoms with Crippen LogP contribution in [0.2, 0.25) is 0 Å². The molecule has 4 aromatic rings. The number of hydrogen-bond acceptors (Lipinski definition) is 11. The molecule has 3 amide bonds. The normalized spacial score (nSPS) is 13.6. The minimum atomic E-state index is -0.561. The standard InChI is InChI=1S/C29H25N7O6S2/c37-26(18-9-7-17(8-10-18)15-23-28(39)33-29(43)44-23)30-13-2-1-3-14-31-27(38)19-5-4-6-20(16-19)32-21-11-12-22(36(40)41)25-24(21)34-42-35-25/h4-12,15-16,32H,1-3,13-14H2,(H,30,37)(H,31,38)(H,33,39,43)/b23-15-. The monoisotopic (exact) mass is 631 g/mol. The zero-order valence-electron chi connectivity index (χ0n) is 23.0. The Morgan fingerprint density at radius 1 is 0.955 bits per heavy atom. The molecule has 1 aromatic heterocycles. The van der Waals surface area contributed by atoms with Crippen molar-refractivity contribution in [2.75, 3.05) is 18.4 Å². The average molecular weight is 632 g/mol. The molecule has 1 aliphatic heterocycles. The van der Waals surface area contributed by atoms with E-state index in [1.807, 2.05) is 0 Å². The van der Waals surface area contributed by atoms with Gasteiger partial charge in [-0.3, -0.25) is 24.5 Å². The van der Waals surface area contributed by atoms with Crippen molar-refractivity contribution < 1.29 is 23.9 Å². The summed E-state index contributed by atoms with van der Waals surface area (Å²) in [6.07, 6.45) is 4.01. The molecule has 3 aromatic carbocycles. The lowest BCUT2D eigenvalue weighted by Gasteiger charge is -2.10. The summed E-state index contributed by atoms with van der Waals surface area (Å²) in [5.41, 5.74) is 2.80. The highest BCUT2D eigenvalue weighted by Crippen LogP contribution is 2.31. The fourth-order valence-corrected chi connectivity index (χ4v) is 5.38. The first-order chi connectivity index (χ1) is 21.3. The summed E-state index contributed by atoms with van der Waals surface area (Å²) >= 11 is 6.19. The van der Waals surface area contributed by atoms with Gasteiger partial charge in [0.25, 0.3) is 17.7 Å². The molecular weight excluding hydrogens is 606 g/mol. The van der Waals surface area contributed by atoms with E-state index in [4.69, 9.17) is 16.8 Å². The molecule has 0 unspecified atom stereocenters. The van der Waals surface area contributed by atoms with Crippen LogP contribution in [0.4, 0.5) is 17.1 Å². The molecule has 0 radical (unpaired) electrons. The minimum Gasteiger partial charge on any atom is -0.354 e. The number of carbonyl (C=O) groups is 3. The molecule has 0 saturated carbocycles. The van der Waals surface area contributed by atoms with Crippen molar-refractivity contribution in [3.8, 4) is 0 Å². The lowest BCUT2D eigenvalue weighted by Crippen LogP contribution is -2.26. The van der Waals surface area contributed by atoms with Crippen molar-refractivity contribution in [1.82, 2.24) is 26.3 Å². The van der Waals surface area contributed by atoms with Crippen molar-refractivity contribution in [3.05, 3.63) is 92.4 Å². The van der Waals surface area contributed by atoms with Gasteiger partial charge in [0.1, 0.15) is 4.32 Å². The minimum absolute atomic E-state index is 0.0262. The maximum Gasteiger partial charge on any atom is 0.300 e. The van der Waals surface area contributed by atoms with Crippen LogP contribution in [-0.4, -0.2) is 50.4 Å². The summed E-state index contributed by atoms with van der Waals surface area (Å²) in [4.78, 5) is 48.1. The second-order valence-electron chi connectivity index (χ2n) is 9.60. The molecule has 0 bridgehead atoms. The molecule has 224 valence electrons. The number of carbonyl (C=O) groups excluding carboxylic acids is 3. The van der Waals surface area contributed by atoms with Crippen LogP contribution in [0.25, 0.3) is 17.1 Å². The molecule has 2 heterocycles. The Balaban J connectivity index is 1.02. The van der Waals surface area contributed by atoms with E-state index in [-0.39, 0.29) is 34.4 Å². The number of fused-ring (bicyclic) bond motifs is 1. The van der Waals surface area contributed by atoms with Crippen molar-refractivity contribution in [1.29, 1.82) is 0 Å². The van der Waals surface area contributed by atoms with E-state index in [2.05, 4.69) is 31.6 Å². The van der Waals surface area contributed by atoms with Crippen LogP contribution < -0.4 is 21.3 Å². The third-order valence-electron chi connectivity index (χ3n) is 6.53. The number of hydrogen-bond donors (Lipinski definition) is 4. The smallest absolute Gasteiger partial charge is 0.300 e. The van der Waals surface area contributed by atoms with Gasteiger partial charge < -0.3 is 21.3 Å². The summed E-state index contributed by atoms with van der Waals surface area (Å²) in [5.74, 6) is -0.653. The van der Waals surface area contributed by atoms with Gasteiger partial charge in [-0.1, -0.05) is 42.2 Å². The van der Waals surface area contributed by atoms with Crippen LogP contribution in [0.5, 0.6) is 0 Å². The number of nitro benzene ring substituents is 1. The molecule has 1 saturated heterocycles. The number of rotatable bonds is 12. The summed E-state index contributed by atoms with van der Waals surface area (Å²) in [6, 6.07) is 16.6. The van der Waals surface area contributed by atoms with Crippen LogP contribution in [-0.2, 0) is 4.79 Å². The molecule has 44 heavy (non-hydrogen) atoms. The first-order valence-electron chi connectivity index (χ1n) is 13.5. The summed E-state index contributed by atoms with van der Waals surface area (Å²) in [7, 11) is 0. The van der Waals surface area contributed by atoms with Gasteiger partial charge in [0.2, 0.25) is 5.52 Å². The quantitative estimate of drug-likeness (QED) is 0.0560. The second kappa shape index (κ2) is 13.9. The van der Waals surface area contributed by atoms with Gasteiger partial charge in [-0.25, -0.2) is 4.63 Å². The fraction of sp³-hybridized carbons (Fsp3) is 0.172. The molecule has 0 atom stereocenters. The third kappa shape index (κ3) is 7.43. The number of nitro groups is 1. The maximum atomic E-state index is 12.7. The van der Waals surface area contributed by atoms with Crippen LogP contribution in [0.1, 0.15) is 45.5 Å². The summed E-state index contributed by atoms with van der Waals surface area (Å²) in [5, 5.41) is 30.0. The SMILES string of the molecule is O=C1NC(=S)S/C1=C\c1ccc(C(=O)NCCCCCNC(=O)c2cccc(Nc3ccc([N+](=O)[O-])c4nonc34)c2)cc1. The lowest BCUT2D eigenvalue weighted by molar-refractivity contribution is -0.383. The van der Waals surface area contributed by atoms with E-state index < -0.39 is 4.92 Å². The first-order valence-corrected chi connectivity index (χ1v) is 14.7. The van der Waals surface area contributed by atoms with Crippen LogP contribution >= 0.6 is 24.0 Å². The number of aromatic nitrogens is 2. The Hall–Kier alpha value is -5.15. The Morgan fingerprint density at radius 3 is 2.34 bits per heavy atom. The zero-order valence-corrected chi connectivity index (χ0v) is 24.6. The average Bonchev–Trinajstić information content (AvgIpc) is 3.63. The summed E-state index contributed by atoms with van der Waals surface area (Å²) in [6.45, 7) is 0.966. The highest BCUT2D eigenvalue weighted by atomic mass is 32.2. The van der Waals surface area contributed by atoms with Crippen molar-refractivity contribution >= 4 is 80.2 Å². The van der Waals surface area contributed by atoms with Crippen molar-refractivity contribution in [2.45, 2.75) is 19.3 Å². The van der Waals surface area contributed by atoms with Crippen molar-refractivity contribution in [2.24, 2.45) is 0 Å². The van der Waals surface area contributed by atoms with E-state index in [1.54, 1.807) is 54.6 Å². The third-order valence-corrected chi connectivity index (χ3v) is 7.69. The highest BCUT2D eigenvalue weighted by molar-refractivity contribution is 8.26. The lowest BCUT2D eigenvalue weighted by atomic mass is 10.1. The van der Waals surface area contributed by atoms with E-state index in [1.165, 1.54) is 23.9 Å². The number of unbranched alkanes of at least 4 members (excludes halogenated alkanes) is 2. The van der Waals surface area contributed by atoms with Gasteiger partial charge in [-0.2, -0.15) is 0 Å². The Morgan fingerprint density at radius 2 is 1.66 bits per heavy atom. The number of thioether (sulfide) groups is 1. The molecule has 4 N–H and O–H groups in total. The molecule has 13 nitrogen and oxygen atoms in total. The number of amides is 3. The van der Waals surface area contributed by atoms with Gasteiger partial charge in [0.05, 0.1) is 15.5 Å². The maximum absolute atomic E-state index is 12.7. The molecule has 15 heteroatoms. The molecule has 0 spiro atoms. The fourth-order valence-electron chi connectivity index (χ4n) is 4.33. The highest BCUT2D eigenvalue weighted by Gasteiger charge is 2.22. The van der Waals surface area contributed by atoms with Gasteiger partial charge in [0.15, 0.2) is 5.52 Å². The topological polar surface area (TPSA) is 181 Å². The number of nitrogens with one attached hydrogen (secondary N) is 4. The van der Waals surface area contributed by atoms with Crippen LogP contribution in [0.3, 0.4) is 0 Å². The zero-order chi connectivity index (χ0) is 31.1. The largest absolute Gasteiger partial charge is 0.354 e. The van der Waals surface area contributed by atoms with Crippen molar-refractivity contribution in [3.63, 3.8) is 0 Å². The molecule has 1 aliphatic rings. The van der Waals surface area contributed by atoms with Crippen LogP contribution in [0, 0.1) is 10.1 Å². The van der Waals surface area contributed by atoms with Gasteiger partial charge in [0, 0.05) is 36.0 Å². The second-order valence-corrected chi connectivity index (χ2v) is 11.3. The Bertz CT molecular complexity index is 1790. The number of nitrogens with zero attached hydrogens (tertiary/aromatic N) is 3.